The lowest BCUT2D eigenvalue weighted by Crippen LogP contribution is -2.38. The van der Waals surface area contributed by atoms with E-state index in [4.69, 9.17) is 0 Å². The van der Waals surface area contributed by atoms with Crippen LogP contribution in [0.4, 0.5) is 0 Å². The predicted octanol–water partition coefficient (Wildman–Crippen LogP) is 2.89. The standard InChI is InChI=1S/C16H28N2/c1-5-18(14-13-17(3)4)15(2)11-12-16-9-7-6-8-10-16/h6-10,15H,5,11-14H2,1-4H3/t15-/m0/s1. The molecule has 2 heteroatoms. The lowest BCUT2D eigenvalue weighted by atomic mass is 10.1. The number of nitrogens with zero attached hydrogens (tertiary/aromatic N) is 2. The highest BCUT2D eigenvalue weighted by molar-refractivity contribution is 5.14. The third kappa shape index (κ3) is 5.65. The summed E-state index contributed by atoms with van der Waals surface area (Å²) < 4.78 is 0. The molecule has 0 bridgehead atoms. The summed E-state index contributed by atoms with van der Waals surface area (Å²) in [5, 5.41) is 0. The first-order valence-electron chi connectivity index (χ1n) is 7.06. The van der Waals surface area contributed by atoms with E-state index in [0.29, 0.717) is 6.04 Å². The van der Waals surface area contributed by atoms with Gasteiger partial charge in [0.05, 0.1) is 0 Å². The molecule has 1 atom stereocenters. The highest BCUT2D eigenvalue weighted by Crippen LogP contribution is 2.09. The van der Waals surface area contributed by atoms with E-state index in [1.807, 2.05) is 0 Å². The molecule has 18 heavy (non-hydrogen) atoms. The van der Waals surface area contributed by atoms with E-state index in [0.717, 1.165) is 13.1 Å². The Morgan fingerprint density at radius 2 is 1.72 bits per heavy atom. The fraction of sp³-hybridized carbons (Fsp3) is 0.625. The van der Waals surface area contributed by atoms with E-state index in [9.17, 15) is 0 Å². The normalized spacial score (nSPS) is 13.2. The van der Waals surface area contributed by atoms with Gasteiger partial charge in [0.15, 0.2) is 0 Å². The molecule has 1 rings (SSSR count). The second-order valence-electron chi connectivity index (χ2n) is 5.31. The van der Waals surface area contributed by atoms with Gasteiger partial charge in [-0.2, -0.15) is 0 Å². The van der Waals surface area contributed by atoms with Gasteiger partial charge in [0.2, 0.25) is 0 Å². The molecule has 0 heterocycles. The minimum atomic E-state index is 0.662. The maximum atomic E-state index is 2.57. The molecule has 102 valence electrons. The van der Waals surface area contributed by atoms with Gasteiger partial charge in [0.1, 0.15) is 0 Å². The molecular formula is C16H28N2. The molecule has 0 radical (unpaired) electrons. The summed E-state index contributed by atoms with van der Waals surface area (Å²) in [5.74, 6) is 0. The van der Waals surface area contributed by atoms with E-state index >= 15 is 0 Å². The zero-order valence-corrected chi connectivity index (χ0v) is 12.4. The van der Waals surface area contributed by atoms with Gasteiger partial charge in [-0.05, 0) is 46.0 Å². The van der Waals surface area contributed by atoms with Gasteiger partial charge in [-0.1, -0.05) is 37.3 Å². The Hall–Kier alpha value is -0.860. The lowest BCUT2D eigenvalue weighted by Gasteiger charge is -2.29. The zero-order valence-electron chi connectivity index (χ0n) is 12.4. The zero-order chi connectivity index (χ0) is 13.4. The second kappa shape index (κ2) is 8.28. The van der Waals surface area contributed by atoms with Crippen LogP contribution in [-0.2, 0) is 6.42 Å². The van der Waals surface area contributed by atoms with Crippen LogP contribution in [0, 0.1) is 0 Å². The molecule has 1 aromatic rings. The van der Waals surface area contributed by atoms with Crippen LogP contribution >= 0.6 is 0 Å². The van der Waals surface area contributed by atoms with Crippen LogP contribution in [0.2, 0.25) is 0 Å². The minimum Gasteiger partial charge on any atom is -0.308 e. The van der Waals surface area contributed by atoms with Crippen molar-refractivity contribution in [1.29, 1.82) is 0 Å². The Bertz CT molecular complexity index is 308. The maximum Gasteiger partial charge on any atom is 0.0112 e. The number of rotatable bonds is 8. The average molecular weight is 248 g/mol. The first kappa shape index (κ1) is 15.2. The Morgan fingerprint density at radius 1 is 1.06 bits per heavy atom. The molecule has 0 unspecified atom stereocenters. The van der Waals surface area contributed by atoms with Crippen molar-refractivity contribution in [3.8, 4) is 0 Å². The van der Waals surface area contributed by atoms with Crippen LogP contribution in [0.1, 0.15) is 25.8 Å². The Morgan fingerprint density at radius 3 is 2.28 bits per heavy atom. The van der Waals surface area contributed by atoms with Gasteiger partial charge in [-0.25, -0.2) is 0 Å². The summed E-state index contributed by atoms with van der Waals surface area (Å²) in [5.41, 5.74) is 1.45. The summed E-state index contributed by atoms with van der Waals surface area (Å²) in [4.78, 5) is 4.83. The highest BCUT2D eigenvalue weighted by atomic mass is 15.2. The SMILES string of the molecule is CCN(CCN(C)C)[C@@H](C)CCc1ccccc1. The quantitative estimate of drug-likeness (QED) is 0.698. The molecule has 0 aliphatic heterocycles. The third-order valence-corrected chi connectivity index (χ3v) is 3.56. The topological polar surface area (TPSA) is 6.48 Å². The second-order valence-corrected chi connectivity index (χ2v) is 5.31. The lowest BCUT2D eigenvalue weighted by molar-refractivity contribution is 0.190. The number of aryl methyl sites for hydroxylation is 1. The van der Waals surface area contributed by atoms with E-state index < -0.39 is 0 Å². The van der Waals surface area contributed by atoms with Gasteiger partial charge in [0.25, 0.3) is 0 Å². The molecule has 0 spiro atoms. The van der Waals surface area contributed by atoms with Gasteiger partial charge in [-0.15, -0.1) is 0 Å². The molecule has 0 saturated heterocycles. The van der Waals surface area contributed by atoms with Crippen molar-refractivity contribution >= 4 is 0 Å². The first-order chi connectivity index (χ1) is 8.63. The Labute approximate surface area is 113 Å². The van der Waals surface area contributed by atoms with Crippen molar-refractivity contribution in [3.05, 3.63) is 35.9 Å². The summed E-state index contributed by atoms with van der Waals surface area (Å²) in [6.45, 7) is 8.06. The molecule has 0 aliphatic carbocycles. The Balaban J connectivity index is 2.35. The largest absolute Gasteiger partial charge is 0.308 e. The summed E-state index contributed by atoms with van der Waals surface area (Å²) >= 11 is 0. The molecular weight excluding hydrogens is 220 g/mol. The number of likely N-dealkylation sites (N-methyl/N-ethyl adjacent to an activating group) is 2. The number of hydrogen-bond acceptors (Lipinski definition) is 2. The highest BCUT2D eigenvalue weighted by Gasteiger charge is 2.11. The molecule has 0 saturated carbocycles. The third-order valence-electron chi connectivity index (χ3n) is 3.56. The van der Waals surface area contributed by atoms with E-state index in [1.165, 1.54) is 24.9 Å². The van der Waals surface area contributed by atoms with Crippen molar-refractivity contribution in [3.63, 3.8) is 0 Å². The molecule has 2 nitrogen and oxygen atoms in total. The molecule has 0 amide bonds. The van der Waals surface area contributed by atoms with Crippen LogP contribution in [0.25, 0.3) is 0 Å². The Kier molecular flexibility index (Phi) is 6.99. The fourth-order valence-corrected chi connectivity index (χ4v) is 2.22. The smallest absolute Gasteiger partial charge is 0.0112 e. The van der Waals surface area contributed by atoms with E-state index in [2.05, 4.69) is 68.1 Å². The van der Waals surface area contributed by atoms with Crippen LogP contribution < -0.4 is 0 Å². The molecule has 0 aromatic heterocycles. The predicted molar refractivity (Wildman–Crippen MR) is 80.0 cm³/mol. The van der Waals surface area contributed by atoms with Crippen LogP contribution in [0.15, 0.2) is 30.3 Å². The van der Waals surface area contributed by atoms with E-state index in [-0.39, 0.29) is 0 Å². The van der Waals surface area contributed by atoms with Gasteiger partial charge < -0.3 is 4.90 Å². The monoisotopic (exact) mass is 248 g/mol. The molecule has 0 aliphatic rings. The molecule has 0 N–H and O–H groups in total. The van der Waals surface area contributed by atoms with Crippen molar-refractivity contribution in [2.24, 2.45) is 0 Å². The maximum absolute atomic E-state index is 2.57. The minimum absolute atomic E-state index is 0.662. The summed E-state index contributed by atoms with van der Waals surface area (Å²) in [7, 11) is 4.28. The van der Waals surface area contributed by atoms with Crippen LogP contribution in [0.3, 0.4) is 0 Å². The first-order valence-corrected chi connectivity index (χ1v) is 7.06. The molecule has 0 fully saturated rings. The summed E-state index contributed by atoms with van der Waals surface area (Å²) in [6.07, 6.45) is 2.42. The van der Waals surface area contributed by atoms with Crippen molar-refractivity contribution < 1.29 is 0 Å². The summed E-state index contributed by atoms with van der Waals surface area (Å²) in [6, 6.07) is 11.5. The van der Waals surface area contributed by atoms with Gasteiger partial charge in [-0.3, -0.25) is 4.90 Å². The van der Waals surface area contributed by atoms with Crippen molar-refractivity contribution in [1.82, 2.24) is 9.80 Å². The van der Waals surface area contributed by atoms with Crippen LogP contribution in [0.5, 0.6) is 0 Å². The van der Waals surface area contributed by atoms with Crippen LogP contribution in [-0.4, -0.2) is 49.6 Å². The van der Waals surface area contributed by atoms with Gasteiger partial charge in [0, 0.05) is 19.1 Å². The van der Waals surface area contributed by atoms with Crippen molar-refractivity contribution in [2.45, 2.75) is 32.7 Å². The molecule has 1 aromatic carbocycles. The fourth-order valence-electron chi connectivity index (χ4n) is 2.22. The van der Waals surface area contributed by atoms with E-state index in [1.54, 1.807) is 0 Å². The van der Waals surface area contributed by atoms with Crippen molar-refractivity contribution in [2.75, 3.05) is 33.7 Å². The van der Waals surface area contributed by atoms with Gasteiger partial charge >= 0.3 is 0 Å². The number of benzene rings is 1. The number of hydrogen-bond donors (Lipinski definition) is 0. The average Bonchev–Trinajstić information content (AvgIpc) is 2.38.